The zero-order valence-corrected chi connectivity index (χ0v) is 16.9. The standard InChI is InChI=1S/C26H24O3/c1-4-17(2)26(27)29-25-16-14-21(19-10-6-8-12-23(19)25)20-13-15-24(28-3)22-11-7-5-9-18(20)22/h5-17H,4H2,1-3H3. The van der Waals surface area contributed by atoms with Crippen LogP contribution in [0.25, 0.3) is 32.7 Å². The maximum Gasteiger partial charge on any atom is 0.314 e. The Morgan fingerprint density at radius 3 is 1.76 bits per heavy atom. The first-order chi connectivity index (χ1) is 14.1. The van der Waals surface area contributed by atoms with E-state index in [2.05, 4.69) is 24.3 Å². The van der Waals surface area contributed by atoms with E-state index in [-0.39, 0.29) is 11.9 Å². The first-order valence-corrected chi connectivity index (χ1v) is 9.93. The van der Waals surface area contributed by atoms with E-state index in [1.807, 2.05) is 62.4 Å². The summed E-state index contributed by atoms with van der Waals surface area (Å²) in [6.07, 6.45) is 0.757. The van der Waals surface area contributed by atoms with Crippen molar-refractivity contribution in [2.24, 2.45) is 5.92 Å². The fraction of sp³-hybridized carbons (Fsp3) is 0.192. The van der Waals surface area contributed by atoms with Gasteiger partial charge in [0, 0.05) is 10.8 Å². The average Bonchev–Trinajstić information content (AvgIpc) is 2.78. The number of esters is 1. The monoisotopic (exact) mass is 384 g/mol. The van der Waals surface area contributed by atoms with Crippen LogP contribution in [0.2, 0.25) is 0 Å². The smallest absolute Gasteiger partial charge is 0.314 e. The number of rotatable bonds is 5. The molecule has 0 N–H and O–H groups in total. The third-order valence-corrected chi connectivity index (χ3v) is 5.50. The molecule has 0 amide bonds. The zero-order valence-electron chi connectivity index (χ0n) is 16.9. The van der Waals surface area contributed by atoms with Crippen LogP contribution in [0, 0.1) is 5.92 Å². The Morgan fingerprint density at radius 2 is 1.24 bits per heavy atom. The number of carbonyl (C=O) groups excluding carboxylic acids is 1. The average molecular weight is 384 g/mol. The number of hydrogen-bond donors (Lipinski definition) is 0. The lowest BCUT2D eigenvalue weighted by molar-refractivity contribution is -0.138. The van der Waals surface area contributed by atoms with Crippen molar-refractivity contribution < 1.29 is 14.3 Å². The van der Waals surface area contributed by atoms with Crippen molar-refractivity contribution in [2.75, 3.05) is 7.11 Å². The quantitative estimate of drug-likeness (QED) is 0.286. The summed E-state index contributed by atoms with van der Waals surface area (Å²) in [6.45, 7) is 3.88. The summed E-state index contributed by atoms with van der Waals surface area (Å²) >= 11 is 0. The van der Waals surface area contributed by atoms with Gasteiger partial charge in [-0.2, -0.15) is 0 Å². The Balaban J connectivity index is 1.90. The van der Waals surface area contributed by atoms with E-state index in [0.717, 1.165) is 44.8 Å². The Kier molecular flexibility index (Phi) is 5.22. The van der Waals surface area contributed by atoms with Crippen molar-refractivity contribution in [1.29, 1.82) is 0 Å². The molecule has 0 aliphatic carbocycles. The molecule has 4 aromatic carbocycles. The van der Waals surface area contributed by atoms with Crippen molar-refractivity contribution in [3.8, 4) is 22.6 Å². The van der Waals surface area contributed by atoms with Crippen LogP contribution >= 0.6 is 0 Å². The molecule has 146 valence electrons. The Bertz CT molecular complexity index is 1190. The molecule has 4 rings (SSSR count). The van der Waals surface area contributed by atoms with E-state index in [0.29, 0.717) is 5.75 Å². The summed E-state index contributed by atoms with van der Waals surface area (Å²) in [4.78, 5) is 12.4. The van der Waals surface area contributed by atoms with Crippen molar-refractivity contribution in [1.82, 2.24) is 0 Å². The SMILES string of the molecule is CCC(C)C(=O)Oc1ccc(-c2ccc(OC)c3ccccc23)c2ccccc12. The van der Waals surface area contributed by atoms with E-state index < -0.39 is 0 Å². The van der Waals surface area contributed by atoms with Gasteiger partial charge in [0.15, 0.2) is 0 Å². The molecule has 0 heterocycles. The van der Waals surface area contributed by atoms with Crippen molar-refractivity contribution in [3.63, 3.8) is 0 Å². The molecule has 3 heteroatoms. The molecular formula is C26H24O3. The molecule has 0 aromatic heterocycles. The number of fused-ring (bicyclic) bond motifs is 2. The summed E-state index contributed by atoms with van der Waals surface area (Å²) in [5, 5.41) is 4.18. The van der Waals surface area contributed by atoms with Gasteiger partial charge in [-0.1, -0.05) is 74.5 Å². The molecule has 0 saturated carbocycles. The minimum absolute atomic E-state index is 0.126. The normalized spacial score (nSPS) is 12.1. The highest BCUT2D eigenvalue weighted by molar-refractivity contribution is 6.08. The van der Waals surface area contributed by atoms with Gasteiger partial charge in [0.1, 0.15) is 11.5 Å². The third kappa shape index (κ3) is 3.44. The minimum Gasteiger partial charge on any atom is -0.496 e. The Hall–Kier alpha value is -3.33. The number of ether oxygens (including phenoxy) is 2. The second-order valence-electron chi connectivity index (χ2n) is 7.25. The number of benzene rings is 4. The zero-order chi connectivity index (χ0) is 20.4. The first-order valence-electron chi connectivity index (χ1n) is 9.93. The second-order valence-corrected chi connectivity index (χ2v) is 7.25. The maximum atomic E-state index is 12.4. The number of carbonyl (C=O) groups is 1. The molecule has 1 atom stereocenters. The molecule has 0 fully saturated rings. The minimum atomic E-state index is -0.194. The van der Waals surface area contributed by atoms with Crippen LogP contribution in [-0.4, -0.2) is 13.1 Å². The van der Waals surface area contributed by atoms with E-state index in [1.54, 1.807) is 7.11 Å². The summed E-state index contributed by atoms with van der Waals surface area (Å²) in [5.41, 5.74) is 2.22. The fourth-order valence-electron chi connectivity index (χ4n) is 3.66. The molecule has 0 radical (unpaired) electrons. The van der Waals surface area contributed by atoms with Crippen LogP contribution in [0.15, 0.2) is 72.8 Å². The molecule has 0 aliphatic rings. The molecule has 29 heavy (non-hydrogen) atoms. The van der Waals surface area contributed by atoms with E-state index in [9.17, 15) is 4.79 Å². The molecule has 0 spiro atoms. The Morgan fingerprint density at radius 1 is 0.759 bits per heavy atom. The predicted octanol–water partition coefficient (Wildman–Crippen LogP) is 6.62. The van der Waals surface area contributed by atoms with Crippen LogP contribution < -0.4 is 9.47 Å². The van der Waals surface area contributed by atoms with Gasteiger partial charge in [0.2, 0.25) is 0 Å². The highest BCUT2D eigenvalue weighted by Gasteiger charge is 2.17. The lowest BCUT2D eigenvalue weighted by atomic mass is 9.93. The van der Waals surface area contributed by atoms with Gasteiger partial charge in [-0.05, 0) is 40.5 Å². The highest BCUT2D eigenvalue weighted by atomic mass is 16.5. The van der Waals surface area contributed by atoms with Gasteiger partial charge < -0.3 is 9.47 Å². The summed E-state index contributed by atoms with van der Waals surface area (Å²) < 4.78 is 11.3. The fourth-order valence-corrected chi connectivity index (χ4v) is 3.66. The van der Waals surface area contributed by atoms with Crippen LogP contribution in [0.1, 0.15) is 20.3 Å². The van der Waals surface area contributed by atoms with Crippen molar-refractivity contribution in [2.45, 2.75) is 20.3 Å². The lowest BCUT2D eigenvalue weighted by Gasteiger charge is -2.15. The van der Waals surface area contributed by atoms with Crippen LogP contribution in [0.3, 0.4) is 0 Å². The van der Waals surface area contributed by atoms with Crippen LogP contribution in [0.4, 0.5) is 0 Å². The van der Waals surface area contributed by atoms with E-state index >= 15 is 0 Å². The van der Waals surface area contributed by atoms with Crippen LogP contribution in [0.5, 0.6) is 11.5 Å². The van der Waals surface area contributed by atoms with Crippen molar-refractivity contribution in [3.05, 3.63) is 72.8 Å². The van der Waals surface area contributed by atoms with Gasteiger partial charge in [-0.25, -0.2) is 0 Å². The first kappa shape index (κ1) is 19.0. The molecule has 0 saturated heterocycles. The summed E-state index contributed by atoms with van der Waals surface area (Å²) in [6, 6.07) is 24.3. The molecule has 0 bridgehead atoms. The van der Waals surface area contributed by atoms with Crippen LogP contribution in [-0.2, 0) is 4.79 Å². The van der Waals surface area contributed by atoms with Gasteiger partial charge in [0.05, 0.1) is 13.0 Å². The molecular weight excluding hydrogens is 360 g/mol. The number of methoxy groups -OCH3 is 1. The second kappa shape index (κ2) is 7.96. The highest BCUT2D eigenvalue weighted by Crippen LogP contribution is 2.40. The van der Waals surface area contributed by atoms with E-state index in [1.165, 1.54) is 0 Å². The van der Waals surface area contributed by atoms with E-state index in [4.69, 9.17) is 9.47 Å². The molecule has 3 nitrogen and oxygen atoms in total. The van der Waals surface area contributed by atoms with Gasteiger partial charge in [-0.3, -0.25) is 4.79 Å². The van der Waals surface area contributed by atoms with Crippen molar-refractivity contribution >= 4 is 27.5 Å². The summed E-state index contributed by atoms with van der Waals surface area (Å²) in [7, 11) is 1.69. The third-order valence-electron chi connectivity index (χ3n) is 5.50. The predicted molar refractivity (Wildman–Crippen MR) is 119 cm³/mol. The van der Waals surface area contributed by atoms with Gasteiger partial charge >= 0.3 is 5.97 Å². The molecule has 4 aromatic rings. The maximum absolute atomic E-state index is 12.4. The van der Waals surface area contributed by atoms with Gasteiger partial charge in [0.25, 0.3) is 0 Å². The largest absolute Gasteiger partial charge is 0.496 e. The molecule has 0 aliphatic heterocycles. The Labute approximate surface area is 170 Å². The number of hydrogen-bond acceptors (Lipinski definition) is 3. The van der Waals surface area contributed by atoms with Gasteiger partial charge in [-0.15, -0.1) is 0 Å². The molecule has 1 unspecified atom stereocenters. The summed E-state index contributed by atoms with van der Waals surface area (Å²) in [5.74, 6) is 1.14. The lowest BCUT2D eigenvalue weighted by Crippen LogP contribution is -2.17. The topological polar surface area (TPSA) is 35.5 Å².